The maximum absolute atomic E-state index is 13.0. The Balaban J connectivity index is 1.96. The zero-order chi connectivity index (χ0) is 19.1. The summed E-state index contributed by atoms with van der Waals surface area (Å²) >= 11 is 5.95. The molecule has 0 radical (unpaired) electrons. The Morgan fingerprint density at radius 2 is 1.62 bits per heavy atom. The van der Waals surface area contributed by atoms with Crippen molar-refractivity contribution in [2.24, 2.45) is 0 Å². The molecule has 0 atom stereocenters. The third kappa shape index (κ3) is 3.41. The molecule has 0 aromatic heterocycles. The second-order valence-corrected chi connectivity index (χ2v) is 5.56. The van der Waals surface area contributed by atoms with Gasteiger partial charge < -0.3 is 4.74 Å². The largest absolute Gasteiger partial charge is 0.573 e. The third-order valence-electron chi connectivity index (χ3n) is 3.47. The van der Waals surface area contributed by atoms with Crippen molar-refractivity contribution in [1.29, 1.82) is 0 Å². The third-order valence-corrected chi connectivity index (χ3v) is 3.82. The molecule has 9 heteroatoms. The Morgan fingerprint density at radius 3 is 2.23 bits per heavy atom. The van der Waals surface area contributed by atoms with Gasteiger partial charge in [0, 0.05) is 6.07 Å². The van der Waals surface area contributed by atoms with Gasteiger partial charge in [0.2, 0.25) is 0 Å². The van der Waals surface area contributed by atoms with E-state index in [0.717, 1.165) is 24.3 Å². The minimum atomic E-state index is -4.92. The van der Waals surface area contributed by atoms with E-state index in [-0.39, 0.29) is 16.8 Å². The van der Waals surface area contributed by atoms with Crippen molar-refractivity contribution in [2.75, 3.05) is 4.90 Å². The first-order chi connectivity index (χ1) is 12.2. The molecule has 4 nitrogen and oxygen atoms in total. The second-order valence-electron chi connectivity index (χ2n) is 5.19. The highest BCUT2D eigenvalue weighted by Crippen LogP contribution is 2.36. The lowest BCUT2D eigenvalue weighted by Gasteiger charge is -2.16. The highest BCUT2D eigenvalue weighted by atomic mass is 35.5. The lowest BCUT2D eigenvalue weighted by Crippen LogP contribution is -2.31. The molecule has 0 spiro atoms. The summed E-state index contributed by atoms with van der Waals surface area (Å²) in [4.78, 5) is 25.6. The van der Waals surface area contributed by atoms with Crippen LogP contribution in [0.15, 0.2) is 53.6 Å². The topological polar surface area (TPSA) is 46.6 Å². The number of hydrogen-bond donors (Lipinski definition) is 0. The quantitative estimate of drug-likeness (QED) is 0.586. The number of benzene rings is 2. The summed E-state index contributed by atoms with van der Waals surface area (Å²) in [6.07, 6.45) is -4.92. The molecular formula is C17H8ClF4NO3. The van der Waals surface area contributed by atoms with Crippen LogP contribution in [0.4, 0.5) is 23.2 Å². The van der Waals surface area contributed by atoms with Gasteiger partial charge >= 0.3 is 6.36 Å². The number of anilines is 1. The minimum Gasteiger partial charge on any atom is -0.406 e. The van der Waals surface area contributed by atoms with E-state index >= 15 is 0 Å². The van der Waals surface area contributed by atoms with E-state index in [4.69, 9.17) is 11.6 Å². The van der Waals surface area contributed by atoms with Crippen LogP contribution in [-0.2, 0) is 9.59 Å². The molecule has 0 N–H and O–H groups in total. The summed E-state index contributed by atoms with van der Waals surface area (Å²) in [7, 11) is 0. The fraction of sp³-hybridized carbons (Fsp3) is 0.0588. The number of ether oxygens (including phenoxy) is 1. The Labute approximate surface area is 149 Å². The van der Waals surface area contributed by atoms with Gasteiger partial charge in [-0.05, 0) is 29.8 Å². The Hall–Kier alpha value is -2.87. The lowest BCUT2D eigenvalue weighted by molar-refractivity contribution is -0.274. The molecule has 0 saturated carbocycles. The van der Waals surface area contributed by atoms with Gasteiger partial charge in [0.25, 0.3) is 11.8 Å². The zero-order valence-electron chi connectivity index (χ0n) is 12.7. The number of carbonyl (C=O) groups excluding carboxylic acids is 2. The van der Waals surface area contributed by atoms with Crippen molar-refractivity contribution in [3.05, 3.63) is 64.9 Å². The fourth-order valence-corrected chi connectivity index (χ4v) is 2.70. The number of nitrogens with zero attached hydrogens (tertiary/aromatic N) is 1. The van der Waals surface area contributed by atoms with Gasteiger partial charge in [-0.1, -0.05) is 29.8 Å². The van der Waals surface area contributed by atoms with Crippen LogP contribution in [0.2, 0.25) is 0 Å². The van der Waals surface area contributed by atoms with Gasteiger partial charge in [0.15, 0.2) is 0 Å². The summed E-state index contributed by atoms with van der Waals surface area (Å²) in [5.41, 5.74) is -0.101. The van der Waals surface area contributed by atoms with E-state index in [1.165, 1.54) is 24.3 Å². The average Bonchev–Trinajstić information content (AvgIpc) is 2.77. The number of amides is 2. The number of rotatable bonds is 3. The van der Waals surface area contributed by atoms with Crippen LogP contribution in [0.5, 0.6) is 5.75 Å². The SMILES string of the molecule is O=C1C(Cl)=C(c2ccc(F)cc2)C(=O)N1c1cccc(OC(F)(F)F)c1. The van der Waals surface area contributed by atoms with Crippen molar-refractivity contribution in [3.8, 4) is 5.75 Å². The normalized spacial score (nSPS) is 15.0. The Kier molecular flexibility index (Phi) is 4.45. The standard InChI is InChI=1S/C17H8ClF4NO3/c18-14-13(9-4-6-10(19)7-5-9)15(24)23(16(14)25)11-2-1-3-12(8-11)26-17(20,21)22/h1-8H. The first-order valence-electron chi connectivity index (χ1n) is 7.07. The molecule has 2 aromatic rings. The van der Waals surface area contributed by atoms with Crippen LogP contribution in [0.1, 0.15) is 5.56 Å². The van der Waals surface area contributed by atoms with Gasteiger partial charge in [-0.15, -0.1) is 13.2 Å². The number of imide groups is 1. The van der Waals surface area contributed by atoms with E-state index in [9.17, 15) is 27.2 Å². The van der Waals surface area contributed by atoms with E-state index in [1.54, 1.807) is 0 Å². The summed E-state index contributed by atoms with van der Waals surface area (Å²) in [6, 6.07) is 9.09. The molecule has 1 aliphatic heterocycles. The first kappa shape index (κ1) is 17.9. The van der Waals surface area contributed by atoms with Crippen molar-refractivity contribution < 1.29 is 31.9 Å². The monoisotopic (exact) mass is 385 g/mol. The van der Waals surface area contributed by atoms with Crippen molar-refractivity contribution in [3.63, 3.8) is 0 Å². The molecule has 2 aromatic carbocycles. The van der Waals surface area contributed by atoms with Crippen LogP contribution in [0, 0.1) is 5.82 Å². The van der Waals surface area contributed by atoms with Gasteiger partial charge in [-0.3, -0.25) is 9.59 Å². The van der Waals surface area contributed by atoms with Crippen molar-refractivity contribution in [1.82, 2.24) is 0 Å². The minimum absolute atomic E-state index is 0.142. The molecule has 134 valence electrons. The molecular weight excluding hydrogens is 378 g/mol. The van der Waals surface area contributed by atoms with Gasteiger partial charge in [-0.2, -0.15) is 0 Å². The zero-order valence-corrected chi connectivity index (χ0v) is 13.4. The summed E-state index contributed by atoms with van der Waals surface area (Å²) in [6.45, 7) is 0. The van der Waals surface area contributed by atoms with Crippen LogP contribution in [0.25, 0.3) is 5.57 Å². The molecule has 0 aliphatic carbocycles. The van der Waals surface area contributed by atoms with Crippen molar-refractivity contribution >= 4 is 34.7 Å². The molecule has 0 unspecified atom stereocenters. The number of halogens is 5. The molecule has 0 bridgehead atoms. The molecule has 0 fully saturated rings. The van der Waals surface area contributed by atoms with Crippen molar-refractivity contribution in [2.45, 2.75) is 6.36 Å². The molecule has 3 rings (SSSR count). The number of hydrogen-bond acceptors (Lipinski definition) is 3. The smallest absolute Gasteiger partial charge is 0.406 e. The molecule has 1 heterocycles. The fourth-order valence-electron chi connectivity index (χ4n) is 2.42. The summed E-state index contributed by atoms with van der Waals surface area (Å²) in [5.74, 6) is -2.88. The van der Waals surface area contributed by atoms with Gasteiger partial charge in [-0.25, -0.2) is 9.29 Å². The molecule has 2 amide bonds. The lowest BCUT2D eigenvalue weighted by atomic mass is 10.1. The van der Waals surface area contributed by atoms with Crippen LogP contribution < -0.4 is 9.64 Å². The maximum atomic E-state index is 13.0. The van der Waals surface area contributed by atoms with Gasteiger partial charge in [0.05, 0.1) is 11.3 Å². The second kappa shape index (κ2) is 6.45. The van der Waals surface area contributed by atoms with E-state index in [0.29, 0.717) is 4.90 Å². The first-order valence-corrected chi connectivity index (χ1v) is 7.45. The molecule has 0 saturated heterocycles. The van der Waals surface area contributed by atoms with E-state index < -0.39 is 34.8 Å². The van der Waals surface area contributed by atoms with Crippen LogP contribution in [-0.4, -0.2) is 18.2 Å². The van der Waals surface area contributed by atoms with E-state index in [1.807, 2.05) is 0 Å². The predicted molar refractivity (Wildman–Crippen MR) is 84.8 cm³/mol. The Bertz CT molecular complexity index is 922. The average molecular weight is 386 g/mol. The van der Waals surface area contributed by atoms with Gasteiger partial charge in [0.1, 0.15) is 16.6 Å². The number of alkyl halides is 3. The predicted octanol–water partition coefficient (Wildman–Crippen LogP) is 4.25. The summed E-state index contributed by atoms with van der Waals surface area (Å²) in [5, 5.41) is -0.413. The highest BCUT2D eigenvalue weighted by molar-refractivity contribution is 6.60. The van der Waals surface area contributed by atoms with Crippen LogP contribution >= 0.6 is 11.6 Å². The Morgan fingerprint density at radius 1 is 0.962 bits per heavy atom. The maximum Gasteiger partial charge on any atom is 0.573 e. The molecule has 1 aliphatic rings. The van der Waals surface area contributed by atoms with E-state index in [2.05, 4.69) is 4.74 Å². The highest BCUT2D eigenvalue weighted by Gasteiger charge is 2.39. The summed E-state index contributed by atoms with van der Waals surface area (Å²) < 4.78 is 53.9. The number of carbonyl (C=O) groups is 2. The molecule has 26 heavy (non-hydrogen) atoms. The van der Waals surface area contributed by atoms with Crippen LogP contribution in [0.3, 0.4) is 0 Å².